The third-order valence-electron chi connectivity index (χ3n) is 1.91. The van der Waals surface area contributed by atoms with Gasteiger partial charge in [-0.25, -0.2) is 0 Å². The Morgan fingerprint density at radius 2 is 2.43 bits per heavy atom. The van der Waals surface area contributed by atoms with Gasteiger partial charge in [0.1, 0.15) is 0 Å². The van der Waals surface area contributed by atoms with Crippen molar-refractivity contribution in [2.24, 2.45) is 0 Å². The van der Waals surface area contributed by atoms with Crippen LogP contribution in [0.3, 0.4) is 0 Å². The van der Waals surface area contributed by atoms with Crippen LogP contribution >= 0.6 is 15.9 Å². The molecule has 1 heterocycles. The first-order valence-electron chi connectivity index (χ1n) is 4.66. The number of halogens is 1. The number of rotatable bonds is 4. The molecule has 0 aliphatic rings. The van der Waals surface area contributed by atoms with Crippen molar-refractivity contribution in [3.8, 4) is 0 Å². The summed E-state index contributed by atoms with van der Waals surface area (Å²) in [6.45, 7) is 3.97. The second-order valence-electron chi connectivity index (χ2n) is 3.00. The van der Waals surface area contributed by atoms with E-state index in [9.17, 15) is 4.79 Å². The number of hydrogen-bond acceptors (Lipinski definition) is 2. The molecule has 0 aliphatic heterocycles. The fourth-order valence-corrected chi connectivity index (χ4v) is 1.11. The van der Waals surface area contributed by atoms with Crippen LogP contribution in [0.4, 0.5) is 5.82 Å². The summed E-state index contributed by atoms with van der Waals surface area (Å²) in [4.78, 5) is 11.3. The maximum atomic E-state index is 11.4. The van der Waals surface area contributed by atoms with Gasteiger partial charge < -0.3 is 5.32 Å². The summed E-state index contributed by atoms with van der Waals surface area (Å²) in [5, 5.41) is 9.52. The molecule has 14 heavy (non-hydrogen) atoms. The number of hydrogen-bond donors (Lipinski definition) is 2. The summed E-state index contributed by atoms with van der Waals surface area (Å²) in [6, 6.07) is 1.84. The molecule has 1 aromatic heterocycles. The summed E-state index contributed by atoms with van der Waals surface area (Å²) in [5.74, 6) is 0.534. The molecule has 5 heteroatoms. The van der Waals surface area contributed by atoms with E-state index in [1.807, 2.05) is 19.9 Å². The molecular formula is C9H14BrN3O. The van der Waals surface area contributed by atoms with E-state index in [-0.39, 0.29) is 10.7 Å². The van der Waals surface area contributed by atoms with Gasteiger partial charge in [-0.1, -0.05) is 29.8 Å². The van der Waals surface area contributed by atoms with Gasteiger partial charge in [0, 0.05) is 11.8 Å². The Morgan fingerprint density at radius 1 is 1.71 bits per heavy atom. The minimum absolute atomic E-state index is 0.0540. The van der Waals surface area contributed by atoms with Crippen molar-refractivity contribution in [3.63, 3.8) is 0 Å². The van der Waals surface area contributed by atoms with Crippen LogP contribution in [0.2, 0.25) is 0 Å². The molecule has 0 saturated carbocycles. The summed E-state index contributed by atoms with van der Waals surface area (Å²) in [5.41, 5.74) is 1.02. The fraction of sp³-hybridized carbons (Fsp3) is 0.556. The highest BCUT2D eigenvalue weighted by Crippen LogP contribution is 2.10. The second kappa shape index (κ2) is 5.14. The molecule has 1 unspecified atom stereocenters. The van der Waals surface area contributed by atoms with Crippen LogP contribution in [0.1, 0.15) is 26.0 Å². The van der Waals surface area contributed by atoms with Gasteiger partial charge in [0.2, 0.25) is 5.91 Å². The first-order valence-corrected chi connectivity index (χ1v) is 5.58. The van der Waals surface area contributed by atoms with E-state index < -0.39 is 0 Å². The van der Waals surface area contributed by atoms with E-state index >= 15 is 0 Å². The number of nitrogens with zero attached hydrogens (tertiary/aromatic N) is 1. The maximum absolute atomic E-state index is 11.4. The predicted molar refractivity (Wildman–Crippen MR) is 59.6 cm³/mol. The molecule has 0 bridgehead atoms. The van der Waals surface area contributed by atoms with Crippen LogP contribution < -0.4 is 5.32 Å². The number of carbonyl (C=O) groups is 1. The SMILES string of the molecule is CCc1cc(NC(=O)C(Br)CC)n[nH]1. The molecular weight excluding hydrogens is 246 g/mol. The average Bonchev–Trinajstić information content (AvgIpc) is 2.64. The van der Waals surface area contributed by atoms with Gasteiger partial charge in [0.25, 0.3) is 0 Å². The number of amides is 1. The summed E-state index contributed by atoms with van der Waals surface area (Å²) >= 11 is 3.27. The molecule has 0 saturated heterocycles. The maximum Gasteiger partial charge on any atom is 0.239 e. The van der Waals surface area contributed by atoms with Gasteiger partial charge >= 0.3 is 0 Å². The molecule has 0 spiro atoms. The van der Waals surface area contributed by atoms with Crippen molar-refractivity contribution in [2.75, 3.05) is 5.32 Å². The lowest BCUT2D eigenvalue weighted by atomic mass is 10.3. The van der Waals surface area contributed by atoms with E-state index in [2.05, 4.69) is 31.4 Å². The Kier molecular flexibility index (Phi) is 4.13. The standard InChI is InChI=1S/C9H14BrN3O/c1-3-6-5-8(13-12-6)11-9(14)7(10)4-2/h5,7H,3-4H2,1-2H3,(H2,11,12,13,14). The Hall–Kier alpha value is -0.840. The number of carbonyl (C=O) groups excluding carboxylic acids is 1. The molecule has 1 rings (SSSR count). The van der Waals surface area contributed by atoms with Crippen molar-refractivity contribution in [1.29, 1.82) is 0 Å². The zero-order valence-electron chi connectivity index (χ0n) is 8.30. The van der Waals surface area contributed by atoms with Gasteiger partial charge in [-0.2, -0.15) is 5.10 Å². The van der Waals surface area contributed by atoms with E-state index in [4.69, 9.17) is 0 Å². The molecule has 0 aromatic carbocycles. The van der Waals surface area contributed by atoms with E-state index in [0.717, 1.165) is 18.5 Å². The zero-order valence-corrected chi connectivity index (χ0v) is 9.89. The minimum atomic E-state index is -0.149. The minimum Gasteiger partial charge on any atom is -0.308 e. The van der Waals surface area contributed by atoms with E-state index in [1.165, 1.54) is 0 Å². The summed E-state index contributed by atoms with van der Waals surface area (Å²) < 4.78 is 0. The Bertz CT molecular complexity index is 311. The van der Waals surface area contributed by atoms with Gasteiger partial charge in [-0.05, 0) is 12.8 Å². The normalized spacial score (nSPS) is 12.5. The average molecular weight is 260 g/mol. The Balaban J connectivity index is 2.56. The molecule has 4 nitrogen and oxygen atoms in total. The zero-order chi connectivity index (χ0) is 10.6. The number of nitrogens with one attached hydrogen (secondary N) is 2. The van der Waals surface area contributed by atoms with Crippen molar-refractivity contribution >= 4 is 27.7 Å². The van der Waals surface area contributed by atoms with Crippen molar-refractivity contribution in [1.82, 2.24) is 10.2 Å². The van der Waals surface area contributed by atoms with Crippen molar-refractivity contribution < 1.29 is 4.79 Å². The first kappa shape index (κ1) is 11.2. The topological polar surface area (TPSA) is 57.8 Å². The lowest BCUT2D eigenvalue weighted by Crippen LogP contribution is -2.22. The van der Waals surface area contributed by atoms with Crippen LogP contribution in [-0.2, 0) is 11.2 Å². The third kappa shape index (κ3) is 2.83. The molecule has 78 valence electrons. The predicted octanol–water partition coefficient (Wildman–Crippen LogP) is 2.08. The Labute approximate surface area is 91.6 Å². The molecule has 1 aromatic rings. The smallest absolute Gasteiger partial charge is 0.239 e. The third-order valence-corrected chi connectivity index (χ3v) is 2.97. The van der Waals surface area contributed by atoms with Crippen molar-refractivity contribution in [2.45, 2.75) is 31.5 Å². The molecule has 1 atom stereocenters. The lowest BCUT2D eigenvalue weighted by Gasteiger charge is -2.05. The van der Waals surface area contributed by atoms with Gasteiger partial charge in [0.05, 0.1) is 4.83 Å². The molecule has 0 fully saturated rings. The van der Waals surface area contributed by atoms with Crippen LogP contribution in [0.5, 0.6) is 0 Å². The number of H-pyrrole nitrogens is 1. The highest BCUT2D eigenvalue weighted by atomic mass is 79.9. The molecule has 2 N–H and O–H groups in total. The summed E-state index contributed by atoms with van der Waals surface area (Å²) in [7, 11) is 0. The van der Waals surface area contributed by atoms with Crippen LogP contribution in [0.25, 0.3) is 0 Å². The largest absolute Gasteiger partial charge is 0.308 e. The van der Waals surface area contributed by atoms with Gasteiger partial charge in [-0.3, -0.25) is 9.89 Å². The van der Waals surface area contributed by atoms with Gasteiger partial charge in [0.15, 0.2) is 5.82 Å². The van der Waals surface area contributed by atoms with Crippen LogP contribution in [-0.4, -0.2) is 20.9 Å². The number of aromatic nitrogens is 2. The first-order chi connectivity index (χ1) is 6.67. The molecule has 1 amide bonds. The monoisotopic (exact) mass is 259 g/mol. The lowest BCUT2D eigenvalue weighted by molar-refractivity contribution is -0.115. The number of aromatic amines is 1. The van der Waals surface area contributed by atoms with Gasteiger partial charge in [-0.15, -0.1) is 0 Å². The number of alkyl halides is 1. The van der Waals surface area contributed by atoms with Crippen LogP contribution in [0, 0.1) is 0 Å². The number of aryl methyl sites for hydroxylation is 1. The quantitative estimate of drug-likeness (QED) is 0.814. The molecule has 0 aliphatic carbocycles. The van der Waals surface area contributed by atoms with Crippen LogP contribution in [0.15, 0.2) is 6.07 Å². The highest BCUT2D eigenvalue weighted by Gasteiger charge is 2.13. The Morgan fingerprint density at radius 3 is 2.93 bits per heavy atom. The molecule has 0 radical (unpaired) electrons. The second-order valence-corrected chi connectivity index (χ2v) is 4.10. The number of anilines is 1. The van der Waals surface area contributed by atoms with Crippen molar-refractivity contribution in [3.05, 3.63) is 11.8 Å². The summed E-state index contributed by atoms with van der Waals surface area (Å²) in [6.07, 6.45) is 1.64. The fourth-order valence-electron chi connectivity index (χ4n) is 0.997. The highest BCUT2D eigenvalue weighted by molar-refractivity contribution is 9.10. The van der Waals surface area contributed by atoms with E-state index in [0.29, 0.717) is 5.82 Å². The van der Waals surface area contributed by atoms with E-state index in [1.54, 1.807) is 0 Å².